The summed E-state index contributed by atoms with van der Waals surface area (Å²) in [7, 11) is 0. The Balaban J connectivity index is 1.84. The summed E-state index contributed by atoms with van der Waals surface area (Å²) in [6.45, 7) is 6.33. The van der Waals surface area contributed by atoms with Crippen molar-refractivity contribution in [2.24, 2.45) is 0 Å². The Bertz CT molecular complexity index is 356. The van der Waals surface area contributed by atoms with Crippen molar-refractivity contribution in [3.8, 4) is 0 Å². The average Bonchev–Trinajstić information content (AvgIpc) is 2.61. The predicted molar refractivity (Wildman–Crippen MR) is 75.9 cm³/mol. The van der Waals surface area contributed by atoms with Crippen LogP contribution in [0.2, 0.25) is 0 Å². The highest BCUT2D eigenvalue weighted by molar-refractivity contribution is 5.26. The van der Waals surface area contributed by atoms with Gasteiger partial charge in [0, 0.05) is 25.3 Å². The zero-order chi connectivity index (χ0) is 12.8. The number of aryl methyl sites for hydroxylation is 1. The van der Waals surface area contributed by atoms with E-state index in [0.29, 0.717) is 12.1 Å². The van der Waals surface area contributed by atoms with Crippen molar-refractivity contribution in [2.75, 3.05) is 13.2 Å². The molecule has 0 amide bonds. The number of benzene rings is 1. The fraction of sp³-hybridized carbons (Fsp3) is 0.625. The van der Waals surface area contributed by atoms with Crippen LogP contribution in [0.1, 0.15) is 37.3 Å². The molecular formula is C16H25NO. The molecule has 0 bridgehead atoms. The Morgan fingerprint density at radius 3 is 2.94 bits per heavy atom. The maximum absolute atomic E-state index is 5.50. The van der Waals surface area contributed by atoms with Crippen LogP contribution in [-0.2, 0) is 11.2 Å². The molecule has 1 aliphatic rings. The summed E-state index contributed by atoms with van der Waals surface area (Å²) in [5.41, 5.74) is 2.86. The Labute approximate surface area is 111 Å². The van der Waals surface area contributed by atoms with Gasteiger partial charge in [-0.2, -0.15) is 0 Å². The van der Waals surface area contributed by atoms with Gasteiger partial charge >= 0.3 is 0 Å². The zero-order valence-electron chi connectivity index (χ0n) is 11.6. The molecule has 1 heterocycles. The topological polar surface area (TPSA) is 21.3 Å². The van der Waals surface area contributed by atoms with Gasteiger partial charge in [-0.1, -0.05) is 24.3 Å². The van der Waals surface area contributed by atoms with Gasteiger partial charge in [0.15, 0.2) is 0 Å². The first-order valence-electron chi connectivity index (χ1n) is 7.14. The maximum Gasteiger partial charge on any atom is 0.0480 e. The van der Waals surface area contributed by atoms with E-state index in [4.69, 9.17) is 4.74 Å². The lowest BCUT2D eigenvalue weighted by Gasteiger charge is -2.22. The number of rotatable bonds is 4. The molecule has 0 saturated carbocycles. The van der Waals surface area contributed by atoms with E-state index < -0.39 is 0 Å². The van der Waals surface area contributed by atoms with Gasteiger partial charge in [0.2, 0.25) is 0 Å². The summed E-state index contributed by atoms with van der Waals surface area (Å²) in [4.78, 5) is 0. The van der Waals surface area contributed by atoms with Crippen LogP contribution >= 0.6 is 0 Å². The highest BCUT2D eigenvalue weighted by atomic mass is 16.5. The molecule has 2 unspecified atom stereocenters. The largest absolute Gasteiger partial charge is 0.381 e. The molecule has 0 spiro atoms. The molecular weight excluding hydrogens is 222 g/mol. The molecule has 2 atom stereocenters. The lowest BCUT2D eigenvalue weighted by atomic mass is 10.0. The van der Waals surface area contributed by atoms with Crippen LogP contribution in [0.5, 0.6) is 0 Å². The van der Waals surface area contributed by atoms with Crippen LogP contribution in [0.3, 0.4) is 0 Å². The number of hydrogen-bond donors (Lipinski definition) is 1. The fourth-order valence-electron chi connectivity index (χ4n) is 2.70. The molecule has 2 rings (SSSR count). The molecule has 1 aromatic carbocycles. The molecule has 2 heteroatoms. The van der Waals surface area contributed by atoms with Crippen LogP contribution in [-0.4, -0.2) is 25.3 Å². The Morgan fingerprint density at radius 1 is 1.28 bits per heavy atom. The van der Waals surface area contributed by atoms with Crippen LogP contribution in [0.15, 0.2) is 24.3 Å². The summed E-state index contributed by atoms with van der Waals surface area (Å²) in [5, 5.41) is 3.75. The van der Waals surface area contributed by atoms with Crippen molar-refractivity contribution in [2.45, 2.75) is 51.6 Å². The molecule has 18 heavy (non-hydrogen) atoms. The molecule has 0 aromatic heterocycles. The Morgan fingerprint density at radius 2 is 2.11 bits per heavy atom. The van der Waals surface area contributed by atoms with Crippen molar-refractivity contribution in [3.63, 3.8) is 0 Å². The number of nitrogens with one attached hydrogen (secondary N) is 1. The first kappa shape index (κ1) is 13.6. The van der Waals surface area contributed by atoms with Gasteiger partial charge in [0.05, 0.1) is 0 Å². The molecule has 0 radical (unpaired) electrons. The normalized spacial score (nSPS) is 22.4. The third kappa shape index (κ3) is 4.11. The van der Waals surface area contributed by atoms with Crippen LogP contribution < -0.4 is 5.32 Å². The average molecular weight is 247 g/mol. The monoisotopic (exact) mass is 247 g/mol. The van der Waals surface area contributed by atoms with E-state index in [0.717, 1.165) is 26.1 Å². The standard InChI is InChI=1S/C16H25NO/c1-13-6-3-4-7-15(13)12-14(2)17-16-8-5-10-18-11-9-16/h3-4,6-7,14,16-17H,5,8-12H2,1-2H3. The van der Waals surface area contributed by atoms with Crippen molar-refractivity contribution in [1.82, 2.24) is 5.32 Å². The van der Waals surface area contributed by atoms with Crippen molar-refractivity contribution >= 4 is 0 Å². The minimum atomic E-state index is 0.536. The smallest absolute Gasteiger partial charge is 0.0480 e. The molecule has 0 aliphatic carbocycles. The molecule has 1 aromatic rings. The van der Waals surface area contributed by atoms with Gasteiger partial charge in [-0.25, -0.2) is 0 Å². The molecule has 2 nitrogen and oxygen atoms in total. The van der Waals surface area contributed by atoms with E-state index in [1.54, 1.807) is 0 Å². The van der Waals surface area contributed by atoms with Gasteiger partial charge in [0.1, 0.15) is 0 Å². The van der Waals surface area contributed by atoms with Crippen LogP contribution in [0.25, 0.3) is 0 Å². The fourth-order valence-corrected chi connectivity index (χ4v) is 2.70. The summed E-state index contributed by atoms with van der Waals surface area (Å²) in [5.74, 6) is 0. The van der Waals surface area contributed by atoms with Crippen molar-refractivity contribution in [3.05, 3.63) is 35.4 Å². The summed E-state index contributed by atoms with van der Waals surface area (Å²) < 4.78 is 5.50. The highest BCUT2D eigenvalue weighted by Crippen LogP contribution is 2.13. The van der Waals surface area contributed by atoms with Gasteiger partial charge < -0.3 is 10.1 Å². The molecule has 1 aliphatic heterocycles. The third-order valence-electron chi connectivity index (χ3n) is 3.76. The van der Waals surface area contributed by atoms with Crippen molar-refractivity contribution in [1.29, 1.82) is 0 Å². The maximum atomic E-state index is 5.50. The second kappa shape index (κ2) is 6.91. The van der Waals surface area contributed by atoms with Gasteiger partial charge in [-0.3, -0.25) is 0 Å². The van der Waals surface area contributed by atoms with E-state index in [9.17, 15) is 0 Å². The van der Waals surface area contributed by atoms with Gasteiger partial charge in [-0.15, -0.1) is 0 Å². The summed E-state index contributed by atoms with van der Waals surface area (Å²) >= 11 is 0. The van der Waals surface area contributed by atoms with E-state index in [-0.39, 0.29) is 0 Å². The summed E-state index contributed by atoms with van der Waals surface area (Å²) in [6.07, 6.45) is 4.70. The Kier molecular flexibility index (Phi) is 5.21. The van der Waals surface area contributed by atoms with E-state index in [1.165, 1.54) is 24.0 Å². The van der Waals surface area contributed by atoms with Crippen molar-refractivity contribution < 1.29 is 4.74 Å². The molecule has 100 valence electrons. The zero-order valence-corrected chi connectivity index (χ0v) is 11.6. The van der Waals surface area contributed by atoms with E-state index in [1.807, 2.05) is 0 Å². The summed E-state index contributed by atoms with van der Waals surface area (Å²) in [6, 6.07) is 9.85. The number of hydrogen-bond acceptors (Lipinski definition) is 2. The molecule has 1 saturated heterocycles. The van der Waals surface area contributed by atoms with E-state index >= 15 is 0 Å². The first-order valence-corrected chi connectivity index (χ1v) is 7.14. The number of ether oxygens (including phenoxy) is 1. The first-order chi connectivity index (χ1) is 8.75. The van der Waals surface area contributed by atoms with Crippen LogP contribution in [0.4, 0.5) is 0 Å². The highest BCUT2D eigenvalue weighted by Gasteiger charge is 2.15. The Hall–Kier alpha value is -0.860. The SMILES string of the molecule is Cc1ccccc1CC(C)NC1CCCOCC1. The molecule has 1 N–H and O–H groups in total. The third-order valence-corrected chi connectivity index (χ3v) is 3.76. The van der Waals surface area contributed by atoms with Crippen LogP contribution in [0, 0.1) is 6.92 Å². The lowest BCUT2D eigenvalue weighted by molar-refractivity contribution is 0.142. The second-order valence-electron chi connectivity index (χ2n) is 5.44. The minimum Gasteiger partial charge on any atom is -0.381 e. The minimum absolute atomic E-state index is 0.536. The lowest BCUT2D eigenvalue weighted by Crippen LogP contribution is -2.38. The predicted octanol–water partition coefficient (Wildman–Crippen LogP) is 3.08. The van der Waals surface area contributed by atoms with Gasteiger partial charge in [-0.05, 0) is 50.7 Å². The van der Waals surface area contributed by atoms with Gasteiger partial charge in [0.25, 0.3) is 0 Å². The molecule has 1 fully saturated rings. The van der Waals surface area contributed by atoms with E-state index in [2.05, 4.69) is 43.4 Å². The quantitative estimate of drug-likeness (QED) is 0.883. The second-order valence-corrected chi connectivity index (χ2v) is 5.44.